The number of rotatable bonds is 4. The Hall–Kier alpha value is -2.25. The molecule has 0 radical (unpaired) electrons. The van der Waals surface area contributed by atoms with Crippen LogP contribution in [-0.2, 0) is 10.0 Å². The van der Waals surface area contributed by atoms with Crippen molar-refractivity contribution >= 4 is 15.7 Å². The fourth-order valence-corrected chi connectivity index (χ4v) is 2.66. The number of nitrogens with zero attached hydrogens (tertiary/aromatic N) is 1. The Morgan fingerprint density at radius 2 is 1.62 bits per heavy atom. The molecule has 0 aromatic heterocycles. The van der Waals surface area contributed by atoms with Crippen LogP contribution in [0.4, 0.5) is 5.69 Å². The topological polar surface area (TPSA) is 89.3 Å². The molecule has 110 valence electrons. The number of hydrogen-bond donors (Lipinski definition) is 1. The van der Waals surface area contributed by atoms with Gasteiger partial charge in [0.25, 0.3) is 5.69 Å². The Kier molecular flexibility index (Phi) is 4.06. The molecule has 0 atom stereocenters. The molecule has 0 unspecified atom stereocenters. The molecule has 0 heterocycles. The molecule has 7 heteroatoms. The molecule has 21 heavy (non-hydrogen) atoms. The first-order valence-corrected chi connectivity index (χ1v) is 7.62. The molecule has 0 fully saturated rings. The Morgan fingerprint density at radius 1 is 1.05 bits per heavy atom. The van der Waals surface area contributed by atoms with Crippen molar-refractivity contribution in [2.24, 2.45) is 0 Å². The van der Waals surface area contributed by atoms with E-state index < -0.39 is 14.9 Å². The first kappa shape index (κ1) is 15.1. The SMILES string of the molecule is CNS(=O)(=O)c1ccc(-c2ccc(C)c([N+](=O)[O-])c2)cc1. The molecule has 0 saturated carbocycles. The van der Waals surface area contributed by atoms with Gasteiger partial charge in [-0.1, -0.05) is 24.3 Å². The number of sulfonamides is 1. The van der Waals surface area contributed by atoms with E-state index in [1.165, 1.54) is 25.2 Å². The fourth-order valence-electron chi connectivity index (χ4n) is 1.93. The van der Waals surface area contributed by atoms with Crippen LogP contribution in [0.1, 0.15) is 5.56 Å². The summed E-state index contributed by atoms with van der Waals surface area (Å²) >= 11 is 0. The normalized spacial score (nSPS) is 11.3. The van der Waals surface area contributed by atoms with Crippen molar-refractivity contribution in [3.05, 3.63) is 58.1 Å². The van der Waals surface area contributed by atoms with Crippen LogP contribution in [0, 0.1) is 17.0 Å². The van der Waals surface area contributed by atoms with E-state index in [1.54, 1.807) is 31.2 Å². The summed E-state index contributed by atoms with van der Waals surface area (Å²) in [6.45, 7) is 1.67. The summed E-state index contributed by atoms with van der Waals surface area (Å²) in [5.41, 5.74) is 2.01. The Balaban J connectivity index is 2.44. The van der Waals surface area contributed by atoms with Gasteiger partial charge < -0.3 is 0 Å². The molecule has 1 N–H and O–H groups in total. The highest BCUT2D eigenvalue weighted by molar-refractivity contribution is 7.89. The van der Waals surface area contributed by atoms with E-state index >= 15 is 0 Å². The van der Waals surface area contributed by atoms with Gasteiger partial charge >= 0.3 is 0 Å². The quantitative estimate of drug-likeness (QED) is 0.694. The van der Waals surface area contributed by atoms with Crippen LogP contribution in [0.5, 0.6) is 0 Å². The largest absolute Gasteiger partial charge is 0.272 e. The van der Waals surface area contributed by atoms with E-state index in [0.717, 1.165) is 0 Å². The second kappa shape index (κ2) is 5.63. The zero-order valence-corrected chi connectivity index (χ0v) is 12.3. The molecule has 2 aromatic carbocycles. The Morgan fingerprint density at radius 3 is 2.14 bits per heavy atom. The van der Waals surface area contributed by atoms with Crippen LogP contribution in [0.3, 0.4) is 0 Å². The zero-order chi connectivity index (χ0) is 15.6. The van der Waals surface area contributed by atoms with Gasteiger partial charge in [-0.3, -0.25) is 10.1 Å². The molecule has 0 spiro atoms. The highest BCUT2D eigenvalue weighted by atomic mass is 32.2. The second-order valence-corrected chi connectivity index (χ2v) is 6.38. The average molecular weight is 306 g/mol. The van der Waals surface area contributed by atoms with E-state index in [-0.39, 0.29) is 10.6 Å². The summed E-state index contributed by atoms with van der Waals surface area (Å²) in [5, 5.41) is 10.9. The van der Waals surface area contributed by atoms with Crippen molar-refractivity contribution in [2.75, 3.05) is 7.05 Å². The molecule has 0 amide bonds. The minimum absolute atomic E-state index is 0.0411. The predicted octanol–water partition coefficient (Wildman–Crippen LogP) is 2.48. The smallest absolute Gasteiger partial charge is 0.258 e. The molecule has 0 aliphatic rings. The van der Waals surface area contributed by atoms with Gasteiger partial charge in [0.2, 0.25) is 10.0 Å². The van der Waals surface area contributed by atoms with Crippen LogP contribution in [-0.4, -0.2) is 20.4 Å². The first-order valence-electron chi connectivity index (χ1n) is 6.14. The van der Waals surface area contributed by atoms with Crippen LogP contribution in [0.2, 0.25) is 0 Å². The maximum atomic E-state index is 11.6. The van der Waals surface area contributed by atoms with Crippen molar-refractivity contribution in [1.82, 2.24) is 4.72 Å². The standard InChI is InChI=1S/C14H14N2O4S/c1-10-3-4-12(9-14(10)16(17)18)11-5-7-13(8-6-11)21(19,20)15-2/h3-9,15H,1-2H3. The molecule has 0 aliphatic carbocycles. The number of benzene rings is 2. The van der Waals surface area contributed by atoms with Crippen molar-refractivity contribution in [1.29, 1.82) is 0 Å². The maximum absolute atomic E-state index is 11.6. The molecule has 2 rings (SSSR count). The molecule has 2 aromatic rings. The summed E-state index contributed by atoms with van der Waals surface area (Å²) in [7, 11) is -2.14. The van der Waals surface area contributed by atoms with Gasteiger partial charge in [0.15, 0.2) is 0 Å². The van der Waals surface area contributed by atoms with Gasteiger partial charge in [-0.05, 0) is 37.2 Å². The Bertz CT molecular complexity index is 783. The predicted molar refractivity (Wildman–Crippen MR) is 79.5 cm³/mol. The fraction of sp³-hybridized carbons (Fsp3) is 0.143. The van der Waals surface area contributed by atoms with Gasteiger partial charge in [0.1, 0.15) is 0 Å². The van der Waals surface area contributed by atoms with Crippen LogP contribution >= 0.6 is 0 Å². The lowest BCUT2D eigenvalue weighted by Gasteiger charge is -2.06. The van der Waals surface area contributed by atoms with Crippen LogP contribution in [0.25, 0.3) is 11.1 Å². The molecule has 0 bridgehead atoms. The monoisotopic (exact) mass is 306 g/mol. The van der Waals surface area contributed by atoms with Crippen molar-refractivity contribution in [3.63, 3.8) is 0 Å². The highest BCUT2D eigenvalue weighted by Gasteiger charge is 2.13. The summed E-state index contributed by atoms with van der Waals surface area (Å²) in [6.07, 6.45) is 0. The summed E-state index contributed by atoms with van der Waals surface area (Å²) in [5.74, 6) is 0. The maximum Gasteiger partial charge on any atom is 0.272 e. The van der Waals surface area contributed by atoms with E-state index in [1.807, 2.05) is 0 Å². The van der Waals surface area contributed by atoms with Gasteiger partial charge in [0.05, 0.1) is 9.82 Å². The highest BCUT2D eigenvalue weighted by Crippen LogP contribution is 2.27. The first-order chi connectivity index (χ1) is 9.85. The lowest BCUT2D eigenvalue weighted by atomic mass is 10.0. The van der Waals surface area contributed by atoms with E-state index in [4.69, 9.17) is 0 Å². The third-order valence-corrected chi connectivity index (χ3v) is 4.60. The number of aryl methyl sites for hydroxylation is 1. The van der Waals surface area contributed by atoms with Crippen molar-refractivity contribution in [3.8, 4) is 11.1 Å². The van der Waals surface area contributed by atoms with Crippen LogP contribution < -0.4 is 4.72 Å². The van der Waals surface area contributed by atoms with Gasteiger partial charge in [-0.2, -0.15) is 0 Å². The van der Waals surface area contributed by atoms with Crippen molar-refractivity contribution < 1.29 is 13.3 Å². The van der Waals surface area contributed by atoms with Crippen LogP contribution in [0.15, 0.2) is 47.4 Å². The number of nitro benzene ring substituents is 1. The van der Waals surface area contributed by atoms with E-state index in [2.05, 4.69) is 4.72 Å². The van der Waals surface area contributed by atoms with Gasteiger partial charge in [-0.25, -0.2) is 13.1 Å². The summed E-state index contributed by atoms with van der Waals surface area (Å²) in [4.78, 5) is 10.7. The lowest BCUT2D eigenvalue weighted by molar-refractivity contribution is -0.385. The third kappa shape index (κ3) is 3.09. The molecule has 6 nitrogen and oxygen atoms in total. The summed E-state index contributed by atoms with van der Waals surface area (Å²) < 4.78 is 25.5. The number of hydrogen-bond acceptors (Lipinski definition) is 4. The Labute approximate surface area is 122 Å². The molecular weight excluding hydrogens is 292 g/mol. The van der Waals surface area contributed by atoms with Crippen molar-refractivity contribution in [2.45, 2.75) is 11.8 Å². The third-order valence-electron chi connectivity index (χ3n) is 3.17. The van der Waals surface area contributed by atoms with Gasteiger partial charge in [-0.15, -0.1) is 0 Å². The lowest BCUT2D eigenvalue weighted by Crippen LogP contribution is -2.18. The average Bonchev–Trinajstić information content (AvgIpc) is 2.47. The van der Waals surface area contributed by atoms with Gasteiger partial charge in [0, 0.05) is 11.6 Å². The van der Waals surface area contributed by atoms with E-state index in [0.29, 0.717) is 16.7 Å². The second-order valence-electron chi connectivity index (χ2n) is 4.49. The number of nitrogens with one attached hydrogen (secondary N) is 1. The zero-order valence-electron chi connectivity index (χ0n) is 11.5. The molecule has 0 aliphatic heterocycles. The number of nitro groups is 1. The molecular formula is C14H14N2O4S. The van der Waals surface area contributed by atoms with E-state index in [9.17, 15) is 18.5 Å². The summed E-state index contributed by atoms with van der Waals surface area (Å²) in [6, 6.07) is 11.1. The molecule has 0 saturated heterocycles. The minimum Gasteiger partial charge on any atom is -0.258 e. The minimum atomic E-state index is -3.48.